The lowest BCUT2D eigenvalue weighted by atomic mass is 10.1. The topological polar surface area (TPSA) is 75.0 Å². The van der Waals surface area contributed by atoms with E-state index in [1.54, 1.807) is 12.1 Å². The molecule has 1 heterocycles. The fourth-order valence-corrected chi connectivity index (χ4v) is 2.59. The van der Waals surface area contributed by atoms with Crippen LogP contribution in [0.1, 0.15) is 5.56 Å². The van der Waals surface area contributed by atoms with E-state index in [0.717, 1.165) is 23.0 Å². The minimum atomic E-state index is 0.139. The number of nitrogens with zero attached hydrogens (tertiary/aromatic N) is 3. The Kier molecular flexibility index (Phi) is 5.25. The smallest absolute Gasteiger partial charge is 0.166 e. The van der Waals surface area contributed by atoms with Crippen LogP contribution in [0.2, 0.25) is 0 Å². The molecule has 0 aliphatic heterocycles. The van der Waals surface area contributed by atoms with Gasteiger partial charge >= 0.3 is 0 Å². The number of hydrogen-bond acceptors (Lipinski definition) is 4. The Morgan fingerprint density at radius 3 is 2.56 bits per heavy atom. The van der Waals surface area contributed by atoms with E-state index in [1.165, 1.54) is 4.80 Å². The third-order valence-corrected chi connectivity index (χ3v) is 3.94. The van der Waals surface area contributed by atoms with Crippen LogP contribution < -0.4 is 10.6 Å². The molecule has 1 aromatic heterocycles. The number of phenolic OH excluding ortho intramolecular Hbond substituents is 1. The monoisotopic (exact) mass is 353 g/mol. The summed E-state index contributed by atoms with van der Waals surface area (Å²) in [6, 6.07) is 13.0. The van der Waals surface area contributed by atoms with Gasteiger partial charge in [0, 0.05) is 13.1 Å². The van der Waals surface area contributed by atoms with Gasteiger partial charge in [-0.2, -0.15) is 0 Å². The summed E-state index contributed by atoms with van der Waals surface area (Å²) < 4.78 is 0. The standard InChI is InChI=1S/C18H19N5OS/c1-2-10-19-18(25)20-11-9-13-7-8-17(24)16(12-13)23-21-14-5-3-4-6-15(14)22-23/h2-8,12,24H,1,9-11H2,(H2,19,20,25). The van der Waals surface area contributed by atoms with Crippen LogP contribution in [0.4, 0.5) is 0 Å². The van der Waals surface area contributed by atoms with Gasteiger partial charge in [0.15, 0.2) is 5.11 Å². The molecule has 0 aliphatic rings. The van der Waals surface area contributed by atoms with E-state index in [1.807, 2.05) is 36.4 Å². The van der Waals surface area contributed by atoms with Crippen LogP contribution in [-0.2, 0) is 6.42 Å². The Morgan fingerprint density at radius 1 is 1.16 bits per heavy atom. The fraction of sp³-hybridized carbons (Fsp3) is 0.167. The van der Waals surface area contributed by atoms with Crippen molar-refractivity contribution >= 4 is 28.4 Å². The van der Waals surface area contributed by atoms with Gasteiger partial charge in [0.05, 0.1) is 0 Å². The summed E-state index contributed by atoms with van der Waals surface area (Å²) in [4.78, 5) is 1.47. The zero-order chi connectivity index (χ0) is 17.6. The first-order valence-electron chi connectivity index (χ1n) is 7.94. The Hall–Kier alpha value is -2.93. The fourth-order valence-electron chi connectivity index (χ4n) is 2.40. The number of thiocarbonyl (C=S) groups is 1. The quantitative estimate of drug-likeness (QED) is 0.466. The Labute approximate surface area is 151 Å². The molecule has 0 bridgehead atoms. The number of nitrogens with one attached hydrogen (secondary N) is 2. The van der Waals surface area contributed by atoms with Gasteiger partial charge in [-0.25, -0.2) is 0 Å². The number of hydrogen-bond donors (Lipinski definition) is 3. The lowest BCUT2D eigenvalue weighted by molar-refractivity contribution is 0.467. The van der Waals surface area contributed by atoms with Gasteiger partial charge in [0.25, 0.3) is 0 Å². The average Bonchev–Trinajstić information content (AvgIpc) is 3.05. The summed E-state index contributed by atoms with van der Waals surface area (Å²) in [7, 11) is 0. The van der Waals surface area contributed by atoms with Crippen LogP contribution in [0.3, 0.4) is 0 Å². The second-order valence-electron chi connectivity index (χ2n) is 5.48. The molecule has 0 spiro atoms. The van der Waals surface area contributed by atoms with Crippen molar-refractivity contribution in [2.75, 3.05) is 13.1 Å². The van der Waals surface area contributed by atoms with Crippen LogP contribution in [-0.4, -0.2) is 38.3 Å². The highest BCUT2D eigenvalue weighted by Crippen LogP contribution is 2.23. The summed E-state index contributed by atoms with van der Waals surface area (Å²) in [6.45, 7) is 4.95. The SMILES string of the molecule is C=CCNC(=S)NCCc1ccc(O)c(-n2nc3ccccc3n2)c1. The van der Waals surface area contributed by atoms with Crippen molar-refractivity contribution in [3.05, 3.63) is 60.7 Å². The van der Waals surface area contributed by atoms with Gasteiger partial charge in [-0.1, -0.05) is 24.3 Å². The molecule has 0 amide bonds. The second kappa shape index (κ2) is 7.76. The van der Waals surface area contributed by atoms with Crippen molar-refractivity contribution in [2.24, 2.45) is 0 Å². The first kappa shape index (κ1) is 16.9. The maximum absolute atomic E-state index is 10.2. The highest BCUT2D eigenvalue weighted by Gasteiger charge is 2.09. The molecule has 3 rings (SSSR count). The average molecular weight is 353 g/mol. The molecule has 0 fully saturated rings. The molecule has 0 unspecified atom stereocenters. The lowest BCUT2D eigenvalue weighted by Gasteiger charge is -2.10. The molecule has 3 N–H and O–H groups in total. The van der Waals surface area contributed by atoms with Gasteiger partial charge in [-0.3, -0.25) is 0 Å². The van der Waals surface area contributed by atoms with E-state index in [-0.39, 0.29) is 5.75 Å². The van der Waals surface area contributed by atoms with E-state index in [9.17, 15) is 5.11 Å². The molecule has 2 aromatic carbocycles. The van der Waals surface area contributed by atoms with Gasteiger partial charge in [0.2, 0.25) is 0 Å². The molecule has 0 atom stereocenters. The molecule has 25 heavy (non-hydrogen) atoms. The molecule has 6 nitrogen and oxygen atoms in total. The van der Waals surface area contributed by atoms with Crippen molar-refractivity contribution in [3.63, 3.8) is 0 Å². The summed E-state index contributed by atoms with van der Waals surface area (Å²) in [6.07, 6.45) is 2.51. The van der Waals surface area contributed by atoms with Crippen molar-refractivity contribution < 1.29 is 5.11 Å². The highest BCUT2D eigenvalue weighted by molar-refractivity contribution is 7.80. The zero-order valence-corrected chi connectivity index (χ0v) is 14.5. The lowest BCUT2D eigenvalue weighted by Crippen LogP contribution is -2.36. The van der Waals surface area contributed by atoms with Crippen LogP contribution >= 0.6 is 12.2 Å². The maximum Gasteiger partial charge on any atom is 0.166 e. The van der Waals surface area contributed by atoms with Crippen LogP contribution in [0.5, 0.6) is 5.75 Å². The van der Waals surface area contributed by atoms with Crippen molar-refractivity contribution in [2.45, 2.75) is 6.42 Å². The largest absolute Gasteiger partial charge is 0.506 e. The number of rotatable bonds is 6. The van der Waals surface area contributed by atoms with Crippen LogP contribution in [0, 0.1) is 0 Å². The van der Waals surface area contributed by atoms with E-state index in [2.05, 4.69) is 27.4 Å². The molecule has 0 radical (unpaired) electrons. The summed E-state index contributed by atoms with van der Waals surface area (Å²) in [5.74, 6) is 0.139. The van der Waals surface area contributed by atoms with E-state index in [0.29, 0.717) is 23.9 Å². The number of aromatic hydroxyl groups is 1. The molecule has 0 aliphatic carbocycles. The Balaban J connectivity index is 1.72. The molecule has 0 saturated carbocycles. The van der Waals surface area contributed by atoms with Gasteiger partial charge in [0.1, 0.15) is 22.5 Å². The normalized spacial score (nSPS) is 10.6. The molecule has 7 heteroatoms. The zero-order valence-electron chi connectivity index (χ0n) is 13.6. The number of fused-ring (bicyclic) bond motifs is 1. The highest BCUT2D eigenvalue weighted by atomic mass is 32.1. The Bertz CT molecular complexity index is 872. The van der Waals surface area contributed by atoms with E-state index < -0.39 is 0 Å². The first-order valence-corrected chi connectivity index (χ1v) is 8.35. The third kappa shape index (κ3) is 4.13. The van der Waals surface area contributed by atoms with Gasteiger partial charge in [-0.05, 0) is 48.5 Å². The van der Waals surface area contributed by atoms with Crippen LogP contribution in [0.15, 0.2) is 55.1 Å². The molecular weight excluding hydrogens is 334 g/mol. The second-order valence-corrected chi connectivity index (χ2v) is 5.88. The van der Waals surface area contributed by atoms with Crippen molar-refractivity contribution in [1.82, 2.24) is 25.6 Å². The van der Waals surface area contributed by atoms with Gasteiger partial charge < -0.3 is 15.7 Å². The Morgan fingerprint density at radius 2 is 1.88 bits per heavy atom. The van der Waals surface area contributed by atoms with Gasteiger partial charge in [-0.15, -0.1) is 21.6 Å². The summed E-state index contributed by atoms with van der Waals surface area (Å²) in [5, 5.41) is 25.7. The predicted molar refractivity (Wildman–Crippen MR) is 103 cm³/mol. The van der Waals surface area contributed by atoms with Crippen molar-refractivity contribution in [1.29, 1.82) is 0 Å². The molecule has 3 aromatic rings. The minimum absolute atomic E-state index is 0.139. The third-order valence-electron chi connectivity index (χ3n) is 3.65. The summed E-state index contributed by atoms with van der Waals surface area (Å²) >= 11 is 5.16. The number of benzene rings is 2. The minimum Gasteiger partial charge on any atom is -0.506 e. The maximum atomic E-state index is 10.2. The first-order chi connectivity index (χ1) is 12.2. The summed E-state index contributed by atoms with van der Waals surface area (Å²) in [5.41, 5.74) is 3.18. The number of phenols is 1. The predicted octanol–water partition coefficient (Wildman–Crippen LogP) is 2.32. The van der Waals surface area contributed by atoms with Crippen LogP contribution in [0.25, 0.3) is 16.7 Å². The van der Waals surface area contributed by atoms with E-state index >= 15 is 0 Å². The van der Waals surface area contributed by atoms with E-state index in [4.69, 9.17) is 12.2 Å². The number of aromatic nitrogens is 3. The molecular formula is C18H19N5OS. The molecule has 0 saturated heterocycles. The van der Waals surface area contributed by atoms with Crippen molar-refractivity contribution in [3.8, 4) is 11.4 Å². The molecule has 128 valence electrons.